The Morgan fingerprint density at radius 3 is 0.865 bits per heavy atom. The number of rotatable bonds is 55. The van der Waals surface area contributed by atoms with Crippen LogP contribution in [0, 0.1) is 0 Å². The first-order valence-corrected chi connectivity index (χ1v) is 24.5. The van der Waals surface area contributed by atoms with E-state index < -0.39 is 29.5 Å². The first kappa shape index (κ1) is 65.8. The molecule has 0 spiro atoms. The summed E-state index contributed by atoms with van der Waals surface area (Å²) < 4.78 is 87.6. The molecule has 2 amide bonds. The van der Waals surface area contributed by atoms with Crippen LogP contribution in [-0.2, 0) is 95.0 Å². The highest BCUT2D eigenvalue weighted by molar-refractivity contribution is 6.21. The van der Waals surface area contributed by atoms with Gasteiger partial charge in [0, 0.05) is 0 Å². The van der Waals surface area contributed by atoms with Crippen molar-refractivity contribution in [3.8, 4) is 0 Å². The summed E-state index contributed by atoms with van der Waals surface area (Å²) >= 11 is 0. The van der Waals surface area contributed by atoms with Crippen molar-refractivity contribution in [3.63, 3.8) is 0 Å². The average molecular weight is 1070 g/mol. The van der Waals surface area contributed by atoms with Crippen LogP contribution in [0.25, 0.3) is 0 Å². The van der Waals surface area contributed by atoms with Gasteiger partial charge in [-0.3, -0.25) is 33.7 Å². The molecular formula is C48H77NO25. The summed E-state index contributed by atoms with van der Waals surface area (Å²) in [5, 5.41) is 26.8. The van der Waals surface area contributed by atoms with Gasteiger partial charge in [0.05, 0.1) is 242 Å². The molecule has 0 atom stereocenters. The third kappa shape index (κ3) is 35.0. The van der Waals surface area contributed by atoms with E-state index in [0.29, 0.717) is 143 Å². The van der Waals surface area contributed by atoms with Gasteiger partial charge < -0.3 is 91.1 Å². The number of hydrogen-bond acceptors (Lipinski definition) is 22. The summed E-state index contributed by atoms with van der Waals surface area (Å²) in [6, 6.07) is 6.77. The predicted molar refractivity (Wildman–Crippen MR) is 254 cm³/mol. The highest BCUT2D eigenvalue weighted by Crippen LogP contribution is 2.22. The topological polar surface area (TPSA) is 314 Å². The number of aliphatic carboxylic acids is 3. The fourth-order valence-corrected chi connectivity index (χ4v) is 6.03. The van der Waals surface area contributed by atoms with Gasteiger partial charge >= 0.3 is 23.9 Å². The maximum absolute atomic E-state index is 12.8. The molecule has 0 saturated heterocycles. The van der Waals surface area contributed by atoms with Crippen molar-refractivity contribution in [1.29, 1.82) is 0 Å². The number of carbonyl (C=O) groups excluding carboxylic acids is 3. The summed E-state index contributed by atoms with van der Waals surface area (Å²) in [6.07, 6.45) is -1.18. The predicted octanol–water partition coefficient (Wildman–Crippen LogP) is 0.628. The molecule has 26 nitrogen and oxygen atoms in total. The molecular weight excluding hydrogens is 991 g/mol. The van der Waals surface area contributed by atoms with Gasteiger partial charge in [-0.05, 0) is 12.1 Å². The molecule has 1 aliphatic rings. The molecule has 0 saturated carbocycles. The SMILES string of the molecule is O=C(O)CCOCC(COCCC(=O)O)(COCCC(=O)O)OC(=O)CCOCCOCCOCCOCCOCCOCCOCCOCCOCCOCCOCCOCCN1C(=O)c2ccccc2C1=O. The number of benzene rings is 1. The molecule has 1 aromatic rings. The van der Waals surface area contributed by atoms with Crippen molar-refractivity contribution >= 4 is 35.7 Å². The Morgan fingerprint density at radius 2 is 0.595 bits per heavy atom. The standard InChI is InChI=1S/C48H77NO25/c50-42(51)5-10-71-37-48(38-72-11-6-43(52)53,39-73-12-7-44(54)55)74-45(56)8-13-59-15-17-61-19-21-63-23-25-65-27-29-67-31-33-69-35-36-70-34-32-68-30-28-66-26-24-64-22-20-62-18-16-60-14-9-49-46(57)40-3-1-2-4-41(40)47(49)58/h1-4H,5-39H2,(H,50,51)(H,52,53)(H,54,55). The zero-order chi connectivity index (χ0) is 53.6. The van der Waals surface area contributed by atoms with Gasteiger partial charge in [0.2, 0.25) is 0 Å². The van der Waals surface area contributed by atoms with Gasteiger partial charge in [-0.1, -0.05) is 12.1 Å². The lowest BCUT2D eigenvalue weighted by atomic mass is 10.1. The van der Waals surface area contributed by atoms with Crippen molar-refractivity contribution in [1.82, 2.24) is 4.90 Å². The van der Waals surface area contributed by atoms with Crippen molar-refractivity contribution in [3.05, 3.63) is 35.4 Å². The largest absolute Gasteiger partial charge is 0.481 e. The molecule has 1 aromatic carbocycles. The number of hydrogen-bond donors (Lipinski definition) is 3. The fourth-order valence-electron chi connectivity index (χ4n) is 6.03. The van der Waals surface area contributed by atoms with Crippen LogP contribution in [0.4, 0.5) is 0 Å². The first-order chi connectivity index (χ1) is 36.0. The number of imide groups is 1. The number of carboxylic acids is 3. The van der Waals surface area contributed by atoms with E-state index in [0.717, 1.165) is 0 Å². The van der Waals surface area contributed by atoms with E-state index in [-0.39, 0.29) is 110 Å². The second-order valence-electron chi connectivity index (χ2n) is 15.7. The Labute approximate surface area is 431 Å². The van der Waals surface area contributed by atoms with Crippen LogP contribution in [0.3, 0.4) is 0 Å². The first-order valence-electron chi connectivity index (χ1n) is 24.5. The number of ether oxygens (including phenoxy) is 16. The molecule has 0 bridgehead atoms. The highest BCUT2D eigenvalue weighted by Gasteiger charge is 2.37. The van der Waals surface area contributed by atoms with E-state index in [1.54, 1.807) is 24.3 Å². The average Bonchev–Trinajstić information content (AvgIpc) is 3.62. The van der Waals surface area contributed by atoms with Crippen LogP contribution in [0.5, 0.6) is 0 Å². The minimum Gasteiger partial charge on any atom is -0.481 e. The number of fused-ring (bicyclic) bond motifs is 1. The van der Waals surface area contributed by atoms with Crippen LogP contribution in [0.15, 0.2) is 24.3 Å². The van der Waals surface area contributed by atoms with E-state index in [4.69, 9.17) is 91.1 Å². The van der Waals surface area contributed by atoms with Gasteiger partial charge in [0.1, 0.15) is 0 Å². The third-order valence-corrected chi connectivity index (χ3v) is 9.69. The van der Waals surface area contributed by atoms with Crippen molar-refractivity contribution in [2.45, 2.75) is 31.3 Å². The Kier molecular flexibility index (Phi) is 39.9. The number of nitrogens with zero attached hydrogens (tertiary/aromatic N) is 1. The fraction of sp³-hybridized carbons (Fsp3) is 0.750. The van der Waals surface area contributed by atoms with Crippen molar-refractivity contribution in [2.75, 3.05) is 205 Å². The lowest BCUT2D eigenvalue weighted by Crippen LogP contribution is -2.49. The monoisotopic (exact) mass is 1070 g/mol. The van der Waals surface area contributed by atoms with Crippen molar-refractivity contribution in [2.24, 2.45) is 0 Å². The molecule has 0 fully saturated rings. The van der Waals surface area contributed by atoms with E-state index in [1.165, 1.54) is 4.90 Å². The van der Waals surface area contributed by atoms with E-state index in [1.807, 2.05) is 0 Å². The lowest BCUT2D eigenvalue weighted by molar-refractivity contribution is -0.190. The van der Waals surface area contributed by atoms with Crippen LogP contribution >= 0.6 is 0 Å². The van der Waals surface area contributed by atoms with Gasteiger partial charge in [0.15, 0.2) is 5.60 Å². The lowest BCUT2D eigenvalue weighted by Gasteiger charge is -2.33. The Hall–Kier alpha value is -4.36. The number of esters is 1. The highest BCUT2D eigenvalue weighted by atomic mass is 16.6. The smallest absolute Gasteiger partial charge is 0.308 e. The van der Waals surface area contributed by atoms with Gasteiger partial charge in [0.25, 0.3) is 11.8 Å². The van der Waals surface area contributed by atoms with E-state index in [9.17, 15) is 28.8 Å². The second kappa shape index (κ2) is 44.9. The van der Waals surface area contributed by atoms with E-state index in [2.05, 4.69) is 0 Å². The Bertz CT molecular complexity index is 1560. The van der Waals surface area contributed by atoms with Crippen LogP contribution < -0.4 is 0 Å². The van der Waals surface area contributed by atoms with Gasteiger partial charge in [-0.15, -0.1) is 0 Å². The zero-order valence-electron chi connectivity index (χ0n) is 42.3. The minimum atomic E-state index is -1.61. The quantitative estimate of drug-likeness (QED) is 0.0458. The Balaban J connectivity index is 1.28. The van der Waals surface area contributed by atoms with Gasteiger partial charge in [-0.25, -0.2) is 0 Å². The normalized spacial score (nSPS) is 12.5. The molecule has 3 N–H and O–H groups in total. The summed E-state index contributed by atoms with van der Waals surface area (Å²) in [4.78, 5) is 71.4. The molecule has 0 aromatic heterocycles. The number of carbonyl (C=O) groups is 6. The van der Waals surface area contributed by atoms with Crippen LogP contribution in [0.2, 0.25) is 0 Å². The molecule has 0 unspecified atom stereocenters. The zero-order valence-corrected chi connectivity index (χ0v) is 42.3. The number of carboxylic acid groups (broad SMARTS) is 3. The molecule has 0 radical (unpaired) electrons. The molecule has 26 heteroatoms. The second-order valence-corrected chi connectivity index (χ2v) is 15.7. The molecule has 1 aliphatic heterocycles. The van der Waals surface area contributed by atoms with Crippen LogP contribution in [0.1, 0.15) is 46.4 Å². The summed E-state index contributed by atoms with van der Waals surface area (Å²) in [6.45, 7) is 7.17. The maximum atomic E-state index is 12.8. The Morgan fingerprint density at radius 1 is 0.351 bits per heavy atom. The number of amides is 2. The summed E-state index contributed by atoms with van der Waals surface area (Å²) in [5.41, 5.74) is -0.761. The summed E-state index contributed by atoms with van der Waals surface area (Å²) in [5.74, 6) is -4.65. The minimum absolute atomic E-state index is 0.0241. The van der Waals surface area contributed by atoms with E-state index >= 15 is 0 Å². The van der Waals surface area contributed by atoms with Crippen LogP contribution in [-0.4, -0.2) is 266 Å². The molecule has 0 aliphatic carbocycles. The third-order valence-electron chi connectivity index (χ3n) is 9.69. The van der Waals surface area contributed by atoms with Gasteiger partial charge in [-0.2, -0.15) is 0 Å². The molecule has 1 heterocycles. The maximum Gasteiger partial charge on any atom is 0.308 e. The molecule has 424 valence electrons. The van der Waals surface area contributed by atoms with Crippen molar-refractivity contribution < 1.29 is 120 Å². The molecule has 2 rings (SSSR count). The molecule has 74 heavy (non-hydrogen) atoms. The summed E-state index contributed by atoms with van der Waals surface area (Å²) in [7, 11) is 0.